The Hall–Kier alpha value is -2.65. The van der Waals surface area contributed by atoms with E-state index in [1.54, 1.807) is 40.9 Å². The lowest BCUT2D eigenvalue weighted by Gasteiger charge is -2.25. The first-order valence-corrected chi connectivity index (χ1v) is 11.6. The van der Waals surface area contributed by atoms with Gasteiger partial charge in [0, 0.05) is 33.0 Å². The fourth-order valence-corrected chi connectivity index (χ4v) is 5.32. The summed E-state index contributed by atoms with van der Waals surface area (Å²) in [7, 11) is -1.62. The second-order valence-corrected chi connectivity index (χ2v) is 9.50. The van der Waals surface area contributed by atoms with E-state index >= 15 is 0 Å². The third-order valence-corrected chi connectivity index (χ3v) is 7.41. The molecule has 0 saturated carbocycles. The van der Waals surface area contributed by atoms with Gasteiger partial charge in [0.2, 0.25) is 15.9 Å². The second-order valence-electron chi connectivity index (χ2n) is 7.56. The maximum Gasteiger partial charge on any atom is 0.243 e. The van der Waals surface area contributed by atoms with E-state index in [2.05, 4.69) is 10.3 Å². The molecule has 8 nitrogen and oxygen atoms in total. The van der Waals surface area contributed by atoms with Crippen LogP contribution in [0.1, 0.15) is 37.3 Å². The molecule has 2 aromatic heterocycles. The molecular formula is C21H26N4O4S. The Morgan fingerprint density at radius 3 is 2.73 bits per heavy atom. The summed E-state index contributed by atoms with van der Waals surface area (Å²) in [4.78, 5) is 17.0. The number of benzene rings is 1. The number of imidazole rings is 1. The molecule has 3 aromatic rings. The van der Waals surface area contributed by atoms with Crippen molar-refractivity contribution >= 4 is 27.0 Å². The van der Waals surface area contributed by atoms with Crippen molar-refractivity contribution in [2.45, 2.75) is 43.5 Å². The number of aromatic nitrogens is 2. The predicted molar refractivity (Wildman–Crippen MR) is 112 cm³/mol. The van der Waals surface area contributed by atoms with Gasteiger partial charge in [0.05, 0.1) is 28.7 Å². The maximum absolute atomic E-state index is 12.9. The molecule has 0 atom stereocenters. The number of carbonyl (C=O) groups is 1. The number of nitrogens with one attached hydrogen (secondary N) is 1. The van der Waals surface area contributed by atoms with Crippen LogP contribution in [0.3, 0.4) is 0 Å². The lowest BCUT2D eigenvalue weighted by molar-refractivity contribution is -0.121. The van der Waals surface area contributed by atoms with Crippen molar-refractivity contribution < 1.29 is 17.6 Å². The first kappa shape index (κ1) is 20.6. The van der Waals surface area contributed by atoms with E-state index in [0.29, 0.717) is 37.3 Å². The quantitative estimate of drug-likeness (QED) is 0.621. The molecule has 3 heterocycles. The number of hydrogen-bond donors (Lipinski definition) is 1. The molecule has 0 spiro atoms. The van der Waals surface area contributed by atoms with Gasteiger partial charge < -0.3 is 14.3 Å². The molecule has 160 valence electrons. The lowest BCUT2D eigenvalue weighted by atomic mass is 10.2. The minimum absolute atomic E-state index is 0.0909. The van der Waals surface area contributed by atoms with Crippen LogP contribution in [0.25, 0.3) is 11.0 Å². The third-order valence-electron chi connectivity index (χ3n) is 5.51. The van der Waals surface area contributed by atoms with E-state index in [9.17, 15) is 13.2 Å². The standard InChI is InChI=1S/C21H26N4O4S/c1-24-19-8-7-17(30(27,28)25-11-3-2-4-12-25)14-18(19)23-20(24)9-10-21(26)22-15-16-6-5-13-29-16/h5-8,13-14H,2-4,9-12,15H2,1H3,(H,22,26). The Balaban J connectivity index is 1.46. The Morgan fingerprint density at radius 1 is 1.20 bits per heavy atom. The molecule has 1 N–H and O–H groups in total. The first-order chi connectivity index (χ1) is 14.4. The average Bonchev–Trinajstić information content (AvgIpc) is 3.39. The van der Waals surface area contributed by atoms with Crippen LogP contribution in [0, 0.1) is 0 Å². The smallest absolute Gasteiger partial charge is 0.243 e. The highest BCUT2D eigenvalue weighted by molar-refractivity contribution is 7.89. The number of nitrogens with zero attached hydrogens (tertiary/aromatic N) is 3. The molecule has 1 aromatic carbocycles. The monoisotopic (exact) mass is 430 g/mol. The van der Waals surface area contributed by atoms with Crippen LogP contribution in [-0.4, -0.2) is 41.3 Å². The number of furan rings is 1. The zero-order valence-electron chi connectivity index (χ0n) is 17.0. The number of hydrogen-bond acceptors (Lipinski definition) is 5. The fourth-order valence-electron chi connectivity index (χ4n) is 3.78. The van der Waals surface area contributed by atoms with Crippen molar-refractivity contribution in [3.63, 3.8) is 0 Å². The fraction of sp³-hybridized carbons (Fsp3) is 0.429. The van der Waals surface area contributed by atoms with Crippen molar-refractivity contribution in [1.82, 2.24) is 19.2 Å². The van der Waals surface area contributed by atoms with Gasteiger partial charge in [-0.3, -0.25) is 4.79 Å². The lowest BCUT2D eigenvalue weighted by Crippen LogP contribution is -2.35. The molecule has 0 aliphatic carbocycles. The summed E-state index contributed by atoms with van der Waals surface area (Å²) in [5.41, 5.74) is 1.47. The van der Waals surface area contributed by atoms with E-state index in [-0.39, 0.29) is 17.2 Å². The minimum Gasteiger partial charge on any atom is -0.467 e. The van der Waals surface area contributed by atoms with Crippen molar-refractivity contribution in [1.29, 1.82) is 0 Å². The van der Waals surface area contributed by atoms with Crippen molar-refractivity contribution in [3.05, 3.63) is 48.2 Å². The predicted octanol–water partition coefficient (Wildman–Crippen LogP) is 2.59. The molecule has 1 saturated heterocycles. The molecule has 1 amide bonds. The van der Waals surface area contributed by atoms with Crippen LogP contribution in [-0.2, 0) is 34.8 Å². The average molecular weight is 431 g/mol. The normalized spacial score (nSPS) is 15.5. The van der Waals surface area contributed by atoms with Crippen LogP contribution < -0.4 is 5.32 Å². The Kier molecular flexibility index (Phi) is 5.92. The van der Waals surface area contributed by atoms with Gasteiger partial charge in [0.15, 0.2) is 0 Å². The number of fused-ring (bicyclic) bond motifs is 1. The zero-order valence-corrected chi connectivity index (χ0v) is 17.8. The van der Waals surface area contributed by atoms with Crippen molar-refractivity contribution in [2.75, 3.05) is 13.1 Å². The highest BCUT2D eigenvalue weighted by Crippen LogP contribution is 2.24. The van der Waals surface area contributed by atoms with E-state index < -0.39 is 10.0 Å². The largest absolute Gasteiger partial charge is 0.467 e. The van der Waals surface area contributed by atoms with E-state index in [1.807, 2.05) is 11.6 Å². The van der Waals surface area contributed by atoms with E-state index in [1.165, 1.54) is 0 Å². The van der Waals surface area contributed by atoms with Crippen LogP contribution in [0.5, 0.6) is 0 Å². The Labute approximate surface area is 175 Å². The van der Waals surface area contributed by atoms with Crippen LogP contribution in [0.2, 0.25) is 0 Å². The number of amides is 1. The third kappa shape index (κ3) is 4.27. The van der Waals surface area contributed by atoms with Gasteiger partial charge in [-0.25, -0.2) is 13.4 Å². The molecule has 1 fully saturated rings. The molecule has 0 radical (unpaired) electrons. The SMILES string of the molecule is Cn1c(CCC(=O)NCc2ccco2)nc2cc(S(=O)(=O)N3CCCCC3)ccc21. The van der Waals surface area contributed by atoms with Gasteiger partial charge in [0.1, 0.15) is 11.6 Å². The van der Waals surface area contributed by atoms with Gasteiger partial charge in [-0.1, -0.05) is 6.42 Å². The minimum atomic E-state index is -3.50. The van der Waals surface area contributed by atoms with Gasteiger partial charge >= 0.3 is 0 Å². The number of sulfonamides is 1. The van der Waals surface area contributed by atoms with Crippen molar-refractivity contribution in [3.8, 4) is 0 Å². The summed E-state index contributed by atoms with van der Waals surface area (Å²) in [6.07, 6.45) is 5.19. The molecular weight excluding hydrogens is 404 g/mol. The van der Waals surface area contributed by atoms with Crippen molar-refractivity contribution in [2.24, 2.45) is 7.05 Å². The molecule has 30 heavy (non-hydrogen) atoms. The number of carbonyl (C=O) groups excluding carboxylic acids is 1. The molecule has 9 heteroatoms. The summed E-state index contributed by atoms with van der Waals surface area (Å²) in [6.45, 7) is 1.49. The number of piperidine rings is 1. The summed E-state index contributed by atoms with van der Waals surface area (Å²) < 4.78 is 34.5. The van der Waals surface area contributed by atoms with Crippen LogP contribution in [0.4, 0.5) is 0 Å². The highest BCUT2D eigenvalue weighted by atomic mass is 32.2. The summed E-state index contributed by atoms with van der Waals surface area (Å²) in [6, 6.07) is 8.66. The van der Waals surface area contributed by atoms with E-state index in [4.69, 9.17) is 4.42 Å². The van der Waals surface area contributed by atoms with Crippen LogP contribution in [0.15, 0.2) is 45.9 Å². The summed E-state index contributed by atoms with van der Waals surface area (Å²) >= 11 is 0. The molecule has 4 rings (SSSR count). The number of aryl methyl sites for hydroxylation is 2. The molecule has 1 aliphatic heterocycles. The van der Waals surface area contributed by atoms with Gasteiger partial charge in [-0.15, -0.1) is 0 Å². The highest BCUT2D eigenvalue weighted by Gasteiger charge is 2.26. The summed E-state index contributed by atoms with van der Waals surface area (Å²) in [5, 5.41) is 2.82. The number of rotatable bonds is 7. The Morgan fingerprint density at radius 2 is 2.00 bits per heavy atom. The second kappa shape index (κ2) is 8.61. The molecule has 0 unspecified atom stereocenters. The maximum atomic E-state index is 12.9. The summed E-state index contributed by atoms with van der Waals surface area (Å²) in [5.74, 6) is 1.35. The van der Waals surface area contributed by atoms with Gasteiger partial charge in [-0.05, 0) is 43.2 Å². The first-order valence-electron chi connectivity index (χ1n) is 10.2. The van der Waals surface area contributed by atoms with E-state index in [0.717, 1.165) is 30.6 Å². The molecule has 1 aliphatic rings. The topological polar surface area (TPSA) is 97.4 Å². The van der Waals surface area contributed by atoms with Crippen LogP contribution >= 0.6 is 0 Å². The Bertz CT molecular complexity index is 1130. The van der Waals surface area contributed by atoms with Gasteiger partial charge in [0.25, 0.3) is 0 Å². The zero-order chi connectivity index (χ0) is 21.1. The van der Waals surface area contributed by atoms with Gasteiger partial charge in [-0.2, -0.15) is 4.31 Å². The molecule has 0 bridgehead atoms.